The van der Waals surface area contributed by atoms with Crippen LogP contribution in [0, 0.1) is 50.2 Å². The molecule has 3 heterocycles. The SMILES string of the molecule is C/C=C(/C)C(=O)O[C@@H]1[C@@H](O)[C@H](O[C@H]2[C@H](OC(C)=O)[C@]3(CO)[C@H](O)C[C@]4(C)C(=CC[C@@H]5[C@@]6(C)CC[C@H](O[C@@H]7O[C@H](C(=O)O)[C@@H](O)[C@H](O)[C@H]7O[C@@H]7O[C@H](CO)[C@@H](O)[C@H](O)[C@H]7O)[C@](C)(CO)[C@@H]6CC[C@]54C)[C@@H]3CC2(C)C)O[C@H](C)[C@@H]1OC(=O)/C(C)=C\C. The van der Waals surface area contributed by atoms with Crippen LogP contribution in [0.4, 0.5) is 0 Å². The number of aliphatic hydroxyl groups excluding tert-OH is 10. The number of rotatable bonds is 15. The Morgan fingerprint density at radius 2 is 1.26 bits per heavy atom. The number of carbonyl (C=O) groups is 4. The number of hydrogen-bond donors (Lipinski definition) is 11. The van der Waals surface area contributed by atoms with E-state index in [2.05, 4.69) is 26.8 Å². The molecule has 0 aromatic carbocycles. The van der Waals surface area contributed by atoms with Crippen LogP contribution in [0.2, 0.25) is 0 Å². The number of carboxylic acids is 1. The zero-order valence-corrected chi connectivity index (χ0v) is 50.2. The molecule has 0 amide bonds. The predicted molar refractivity (Wildman–Crippen MR) is 291 cm³/mol. The van der Waals surface area contributed by atoms with Crippen LogP contribution in [0.5, 0.6) is 0 Å². The Balaban J connectivity index is 1.09. The summed E-state index contributed by atoms with van der Waals surface area (Å²) in [4.78, 5) is 52.3. The van der Waals surface area contributed by atoms with Gasteiger partial charge in [-0.05, 0) is 119 Å². The van der Waals surface area contributed by atoms with E-state index in [1.54, 1.807) is 33.8 Å². The summed E-state index contributed by atoms with van der Waals surface area (Å²) in [6.45, 7) is 19.6. The van der Waals surface area contributed by atoms with Crippen LogP contribution in [-0.4, -0.2) is 216 Å². The van der Waals surface area contributed by atoms with Crippen LogP contribution >= 0.6 is 0 Å². The zero-order chi connectivity index (χ0) is 62.3. The van der Waals surface area contributed by atoms with E-state index in [-0.39, 0.29) is 42.2 Å². The monoisotopic (exact) mass is 1200 g/mol. The molecule has 5 aliphatic carbocycles. The van der Waals surface area contributed by atoms with Crippen LogP contribution in [0.15, 0.2) is 34.9 Å². The Labute approximate surface area is 490 Å². The van der Waals surface area contributed by atoms with Gasteiger partial charge in [0.25, 0.3) is 0 Å². The third-order valence-corrected chi connectivity index (χ3v) is 22.0. The number of allylic oxidation sites excluding steroid dienone is 4. The predicted octanol–water partition coefficient (Wildman–Crippen LogP) is 1.22. The van der Waals surface area contributed by atoms with Gasteiger partial charge >= 0.3 is 23.9 Å². The van der Waals surface area contributed by atoms with E-state index in [1.807, 2.05) is 20.8 Å². The van der Waals surface area contributed by atoms with E-state index >= 15 is 0 Å². The fraction of sp³-hybridized carbons (Fsp3) is 0.833. The molecule has 4 saturated carbocycles. The van der Waals surface area contributed by atoms with Crippen LogP contribution in [0.25, 0.3) is 0 Å². The van der Waals surface area contributed by atoms with Crippen molar-refractivity contribution in [3.63, 3.8) is 0 Å². The molecule has 0 aromatic rings. The number of esters is 3. The molecule has 0 aromatic heterocycles. The fourth-order valence-electron chi connectivity index (χ4n) is 16.7. The molecular formula is C60H92O24. The standard InChI is InChI=1S/C60H92O24/c1-13-26(3)50(74)80-43-28(5)76-53(42(71)44(43)81-51(75)27(4)14-2)84-47-48(77-29(6)64)60(25-63)31(21-55(47,7)8)30-15-16-34-56(9)19-18-36(57(10,24-62)33(56)17-20-58(34,11)59(30,12)22-35(60)65)79-54-46(40(69)39(68)45(82-54)49(72)73)83-52-41(70)38(67)37(66)32(23-61)78-52/h13-15,28,31-48,52-54,61-63,65-71H,16-25H2,1-12H3,(H,72,73)/b26-13-,27-14-/t28-,31+,32-,33-,34-,35-,36+,37-,38+,39+,40+,41-,42-,43+,44-,45+,46-,47+,48+,52+,53+,54-,56+,57-,58-,59-,60+/m1/s1. The Kier molecular flexibility index (Phi) is 19.3. The molecule has 24 heteroatoms. The summed E-state index contributed by atoms with van der Waals surface area (Å²) in [5, 5.41) is 123. The highest BCUT2D eigenvalue weighted by atomic mass is 16.8. The van der Waals surface area contributed by atoms with Gasteiger partial charge in [-0.1, -0.05) is 65.3 Å². The number of carboxylic acid groups (broad SMARTS) is 1. The van der Waals surface area contributed by atoms with Gasteiger partial charge in [0.05, 0.1) is 43.5 Å². The number of fused-ring (bicyclic) bond motifs is 7. The lowest BCUT2D eigenvalue weighted by Gasteiger charge is -2.73. The second kappa shape index (κ2) is 24.4. The summed E-state index contributed by atoms with van der Waals surface area (Å²) in [6.07, 6.45) is -22.2. The van der Waals surface area contributed by atoms with E-state index < -0.39 is 199 Å². The lowest BCUT2D eigenvalue weighted by atomic mass is 9.33. The molecule has 476 valence electrons. The molecule has 84 heavy (non-hydrogen) atoms. The van der Waals surface area contributed by atoms with Crippen molar-refractivity contribution in [3.05, 3.63) is 34.9 Å². The van der Waals surface area contributed by atoms with Gasteiger partial charge in [-0.25, -0.2) is 14.4 Å². The number of carbonyl (C=O) groups excluding carboxylic acids is 3. The second-order valence-corrected chi connectivity index (χ2v) is 26.9. The molecular weight excluding hydrogens is 1100 g/mol. The Morgan fingerprint density at radius 3 is 1.83 bits per heavy atom. The number of hydrogen-bond acceptors (Lipinski definition) is 23. The van der Waals surface area contributed by atoms with Crippen molar-refractivity contribution >= 4 is 23.9 Å². The number of aliphatic hydroxyl groups is 10. The maximum atomic E-state index is 13.4. The minimum Gasteiger partial charge on any atom is -0.479 e. The molecule has 0 bridgehead atoms. The van der Waals surface area contributed by atoms with Gasteiger partial charge in [0, 0.05) is 23.5 Å². The van der Waals surface area contributed by atoms with Gasteiger partial charge in [-0.15, -0.1) is 0 Å². The first-order valence-corrected chi connectivity index (χ1v) is 29.5. The first-order valence-electron chi connectivity index (χ1n) is 29.5. The maximum Gasteiger partial charge on any atom is 0.335 e. The minimum absolute atomic E-state index is 0.0905. The van der Waals surface area contributed by atoms with Crippen molar-refractivity contribution in [3.8, 4) is 0 Å². The van der Waals surface area contributed by atoms with Crippen molar-refractivity contribution in [2.24, 2.45) is 50.2 Å². The van der Waals surface area contributed by atoms with Gasteiger partial charge in [0.2, 0.25) is 0 Å². The first kappa shape index (κ1) is 66.4. The Hall–Kier alpha value is -3.54. The molecule has 3 aliphatic heterocycles. The molecule has 0 unspecified atom stereocenters. The summed E-state index contributed by atoms with van der Waals surface area (Å²) in [7, 11) is 0. The van der Waals surface area contributed by atoms with Crippen LogP contribution in [0.1, 0.15) is 128 Å². The van der Waals surface area contributed by atoms with Crippen LogP contribution in [-0.2, 0) is 61.8 Å². The normalized spacial score (nSPS) is 48.5. The van der Waals surface area contributed by atoms with Gasteiger partial charge < -0.3 is 98.8 Å². The first-order chi connectivity index (χ1) is 39.2. The lowest BCUT2D eigenvalue weighted by Crippen LogP contribution is -2.73. The lowest BCUT2D eigenvalue weighted by molar-refractivity contribution is -0.375. The third kappa shape index (κ3) is 10.8. The van der Waals surface area contributed by atoms with Crippen molar-refractivity contribution in [2.75, 3.05) is 19.8 Å². The van der Waals surface area contributed by atoms with Gasteiger partial charge in [-0.3, -0.25) is 4.79 Å². The van der Waals surface area contributed by atoms with E-state index in [0.29, 0.717) is 25.7 Å². The maximum absolute atomic E-state index is 13.4. The molecule has 27 atom stereocenters. The minimum atomic E-state index is -2.07. The summed E-state index contributed by atoms with van der Waals surface area (Å²) in [5.41, 5.74) is -3.96. The molecule has 0 spiro atoms. The summed E-state index contributed by atoms with van der Waals surface area (Å²) < 4.78 is 55.0. The fourth-order valence-corrected chi connectivity index (χ4v) is 16.7. The van der Waals surface area contributed by atoms with Gasteiger partial charge in [0.1, 0.15) is 61.0 Å². The molecule has 8 rings (SSSR count). The molecule has 3 saturated heterocycles. The van der Waals surface area contributed by atoms with Gasteiger partial charge in [0.15, 0.2) is 37.2 Å². The van der Waals surface area contributed by atoms with Crippen molar-refractivity contribution in [2.45, 2.75) is 245 Å². The van der Waals surface area contributed by atoms with E-state index in [0.717, 1.165) is 5.57 Å². The van der Waals surface area contributed by atoms with Crippen LogP contribution < -0.4 is 0 Å². The van der Waals surface area contributed by atoms with Crippen LogP contribution in [0.3, 0.4) is 0 Å². The molecule has 11 N–H and O–H groups in total. The van der Waals surface area contributed by atoms with E-state index in [9.17, 15) is 75.3 Å². The molecule has 8 aliphatic rings. The van der Waals surface area contributed by atoms with E-state index in [4.69, 9.17) is 42.6 Å². The zero-order valence-electron chi connectivity index (χ0n) is 50.2. The van der Waals surface area contributed by atoms with Crippen molar-refractivity contribution in [1.82, 2.24) is 0 Å². The van der Waals surface area contributed by atoms with Crippen molar-refractivity contribution in [1.29, 1.82) is 0 Å². The molecule has 0 radical (unpaired) electrons. The molecule has 24 nitrogen and oxygen atoms in total. The second-order valence-electron chi connectivity index (χ2n) is 26.9. The highest BCUT2D eigenvalue weighted by Gasteiger charge is 2.74. The summed E-state index contributed by atoms with van der Waals surface area (Å²) >= 11 is 0. The third-order valence-electron chi connectivity index (χ3n) is 22.0. The largest absolute Gasteiger partial charge is 0.479 e. The average Bonchev–Trinajstić information content (AvgIpc) is 0.803. The number of ether oxygens (including phenoxy) is 9. The smallest absolute Gasteiger partial charge is 0.335 e. The molecule has 7 fully saturated rings. The average molecular weight is 1200 g/mol. The topological polar surface area (TPSA) is 374 Å². The highest BCUT2D eigenvalue weighted by Crippen LogP contribution is 2.76. The quantitative estimate of drug-likeness (QED) is 0.0361. The summed E-state index contributed by atoms with van der Waals surface area (Å²) in [5.74, 6) is -4.82. The van der Waals surface area contributed by atoms with Crippen molar-refractivity contribution < 1.29 is 118 Å². The highest BCUT2D eigenvalue weighted by molar-refractivity contribution is 5.88. The van der Waals surface area contributed by atoms with E-state index in [1.165, 1.54) is 19.9 Å². The Bertz CT molecular complexity index is 2530. The number of aliphatic carboxylic acids is 1. The van der Waals surface area contributed by atoms with Gasteiger partial charge in [-0.2, -0.15) is 0 Å². The summed E-state index contributed by atoms with van der Waals surface area (Å²) in [6, 6.07) is 0. The Morgan fingerprint density at radius 1 is 0.643 bits per heavy atom.